The molecule has 28 heavy (non-hydrogen) atoms. The van der Waals surface area contributed by atoms with Gasteiger partial charge >= 0.3 is 0 Å². The van der Waals surface area contributed by atoms with Gasteiger partial charge in [0.25, 0.3) is 0 Å². The summed E-state index contributed by atoms with van der Waals surface area (Å²) in [7, 11) is 3.24. The molecule has 0 saturated heterocycles. The summed E-state index contributed by atoms with van der Waals surface area (Å²) >= 11 is 0. The molecule has 0 aliphatic rings. The van der Waals surface area contributed by atoms with Crippen LogP contribution < -0.4 is 14.8 Å². The molecule has 0 atom stereocenters. The van der Waals surface area contributed by atoms with Gasteiger partial charge in [-0.15, -0.1) is 0 Å². The molecule has 0 spiro atoms. The van der Waals surface area contributed by atoms with E-state index in [1.807, 2.05) is 57.2 Å². The second-order valence-electron chi connectivity index (χ2n) is 6.73. The van der Waals surface area contributed by atoms with Crippen LogP contribution in [0.15, 0.2) is 46.9 Å². The Morgan fingerprint density at radius 2 is 1.93 bits per heavy atom. The number of aryl methyl sites for hydroxylation is 2. The third kappa shape index (κ3) is 4.03. The molecule has 0 aliphatic heterocycles. The highest BCUT2D eigenvalue weighted by Crippen LogP contribution is 2.34. The molecule has 2 aromatic carbocycles. The number of hydrogen-bond donors (Lipinski definition) is 1. The minimum atomic E-state index is -0.164. The van der Waals surface area contributed by atoms with Crippen LogP contribution in [0.5, 0.6) is 11.5 Å². The Labute approximate surface area is 164 Å². The van der Waals surface area contributed by atoms with Gasteiger partial charge in [0.2, 0.25) is 5.91 Å². The van der Waals surface area contributed by atoms with Crippen LogP contribution in [-0.2, 0) is 11.3 Å². The van der Waals surface area contributed by atoms with E-state index in [1.54, 1.807) is 20.3 Å². The van der Waals surface area contributed by atoms with Gasteiger partial charge in [-0.1, -0.05) is 12.1 Å². The summed E-state index contributed by atoms with van der Waals surface area (Å²) < 4.78 is 16.5. The predicted molar refractivity (Wildman–Crippen MR) is 111 cm³/mol. The van der Waals surface area contributed by atoms with Gasteiger partial charge in [0.1, 0.15) is 22.8 Å². The number of nitrogens with one attached hydrogen (secondary N) is 1. The fourth-order valence-electron chi connectivity index (χ4n) is 3.14. The summed E-state index contributed by atoms with van der Waals surface area (Å²) in [6.07, 6.45) is 1.59. The van der Waals surface area contributed by atoms with Crippen LogP contribution in [0.25, 0.3) is 16.5 Å². The molecule has 0 saturated carbocycles. The lowest BCUT2D eigenvalue weighted by Crippen LogP contribution is -2.20. The predicted octanol–water partition coefficient (Wildman–Crippen LogP) is 4.79. The average Bonchev–Trinajstić information content (AvgIpc) is 2.98. The highest BCUT2D eigenvalue weighted by atomic mass is 16.5. The maximum Gasteiger partial charge on any atom is 0.244 e. The number of methoxy groups -OCH3 is 2. The van der Waals surface area contributed by atoms with E-state index in [-0.39, 0.29) is 5.91 Å². The Bertz CT molecular complexity index is 1050. The summed E-state index contributed by atoms with van der Waals surface area (Å²) in [5.74, 6) is 2.16. The summed E-state index contributed by atoms with van der Waals surface area (Å²) in [6.45, 7) is 6.29. The van der Waals surface area contributed by atoms with Crippen LogP contribution in [0.2, 0.25) is 0 Å². The number of carbonyl (C=O) groups excluding carboxylic acids is 1. The first-order chi connectivity index (χ1) is 13.4. The van der Waals surface area contributed by atoms with Crippen LogP contribution in [0, 0.1) is 13.8 Å². The van der Waals surface area contributed by atoms with Crippen molar-refractivity contribution in [3.05, 3.63) is 64.9 Å². The quantitative estimate of drug-likeness (QED) is 0.626. The van der Waals surface area contributed by atoms with Crippen molar-refractivity contribution in [2.75, 3.05) is 14.2 Å². The van der Waals surface area contributed by atoms with E-state index in [9.17, 15) is 4.79 Å². The first-order valence-electron chi connectivity index (χ1n) is 9.10. The minimum Gasteiger partial charge on any atom is -0.497 e. The van der Waals surface area contributed by atoms with E-state index in [4.69, 9.17) is 13.9 Å². The lowest BCUT2D eigenvalue weighted by atomic mass is 10.0. The lowest BCUT2D eigenvalue weighted by Gasteiger charge is -2.10. The van der Waals surface area contributed by atoms with Crippen molar-refractivity contribution < 1.29 is 18.7 Å². The zero-order valence-electron chi connectivity index (χ0n) is 16.9. The van der Waals surface area contributed by atoms with Gasteiger partial charge in [0.15, 0.2) is 0 Å². The van der Waals surface area contributed by atoms with Gasteiger partial charge in [0.05, 0.1) is 14.2 Å². The molecule has 0 unspecified atom stereocenters. The lowest BCUT2D eigenvalue weighted by molar-refractivity contribution is -0.116. The molecule has 0 aliphatic carbocycles. The zero-order chi connectivity index (χ0) is 20.3. The van der Waals surface area contributed by atoms with E-state index in [1.165, 1.54) is 0 Å². The maximum atomic E-state index is 12.4. The van der Waals surface area contributed by atoms with Gasteiger partial charge in [-0.25, -0.2) is 0 Å². The molecule has 0 bridgehead atoms. The molecule has 3 aromatic rings. The first-order valence-corrected chi connectivity index (χ1v) is 9.10. The number of furan rings is 1. The summed E-state index contributed by atoms with van der Waals surface area (Å²) in [4.78, 5) is 12.4. The number of benzene rings is 2. The zero-order valence-corrected chi connectivity index (χ0v) is 16.9. The SMILES string of the molecule is COc1cccc(CNC(=O)/C=C(\C)c2cc3c(C)c(C)oc3cc2OC)c1. The highest BCUT2D eigenvalue weighted by Gasteiger charge is 2.14. The van der Waals surface area contributed by atoms with E-state index >= 15 is 0 Å². The number of carbonyl (C=O) groups is 1. The van der Waals surface area contributed by atoms with Crippen LogP contribution in [0.4, 0.5) is 0 Å². The minimum absolute atomic E-state index is 0.164. The van der Waals surface area contributed by atoms with Crippen molar-refractivity contribution in [3.8, 4) is 11.5 Å². The third-order valence-corrected chi connectivity index (χ3v) is 4.87. The van der Waals surface area contributed by atoms with Crippen LogP contribution in [-0.4, -0.2) is 20.1 Å². The molecular formula is C23H25NO4. The molecule has 0 radical (unpaired) electrons. The summed E-state index contributed by atoms with van der Waals surface area (Å²) in [6, 6.07) is 11.5. The molecule has 1 heterocycles. The molecule has 5 nitrogen and oxygen atoms in total. The Hall–Kier alpha value is -3.21. The molecular weight excluding hydrogens is 354 g/mol. The van der Waals surface area contributed by atoms with E-state index in [0.717, 1.165) is 44.7 Å². The number of amides is 1. The number of hydrogen-bond acceptors (Lipinski definition) is 4. The van der Waals surface area contributed by atoms with Crippen molar-refractivity contribution in [1.82, 2.24) is 5.32 Å². The van der Waals surface area contributed by atoms with Crippen molar-refractivity contribution in [3.63, 3.8) is 0 Å². The van der Waals surface area contributed by atoms with Gasteiger partial charge in [-0.2, -0.15) is 0 Å². The van der Waals surface area contributed by atoms with Crippen molar-refractivity contribution in [2.45, 2.75) is 27.3 Å². The Balaban J connectivity index is 1.81. The molecule has 0 fully saturated rings. The standard InChI is InChI=1S/C23H25NO4/c1-14(9-23(25)24-13-17-7-6-8-18(10-17)26-4)19-11-20-15(2)16(3)28-22(20)12-21(19)27-5/h6-12H,13H2,1-5H3,(H,24,25)/b14-9+. The number of rotatable bonds is 6. The first kappa shape index (κ1) is 19.5. The fraction of sp³-hybridized carbons (Fsp3) is 0.261. The summed E-state index contributed by atoms with van der Waals surface area (Å²) in [5.41, 5.74) is 4.54. The van der Waals surface area contributed by atoms with Crippen LogP contribution in [0.1, 0.15) is 29.4 Å². The second-order valence-corrected chi connectivity index (χ2v) is 6.73. The largest absolute Gasteiger partial charge is 0.497 e. The monoisotopic (exact) mass is 379 g/mol. The van der Waals surface area contributed by atoms with Gasteiger partial charge < -0.3 is 19.2 Å². The van der Waals surface area contributed by atoms with E-state index in [2.05, 4.69) is 5.32 Å². The molecule has 1 aromatic heterocycles. The second kappa shape index (κ2) is 8.21. The normalized spacial score (nSPS) is 11.5. The van der Waals surface area contributed by atoms with Gasteiger partial charge in [-0.3, -0.25) is 4.79 Å². The summed E-state index contributed by atoms with van der Waals surface area (Å²) in [5, 5.41) is 3.94. The third-order valence-electron chi connectivity index (χ3n) is 4.87. The fourth-order valence-corrected chi connectivity index (χ4v) is 3.14. The molecule has 1 amide bonds. The Kier molecular flexibility index (Phi) is 5.73. The maximum absolute atomic E-state index is 12.4. The topological polar surface area (TPSA) is 60.7 Å². The Morgan fingerprint density at radius 1 is 1.14 bits per heavy atom. The molecule has 1 N–H and O–H groups in total. The smallest absolute Gasteiger partial charge is 0.244 e. The van der Waals surface area contributed by atoms with E-state index < -0.39 is 0 Å². The number of ether oxygens (including phenoxy) is 2. The number of fused-ring (bicyclic) bond motifs is 1. The van der Waals surface area contributed by atoms with E-state index in [0.29, 0.717) is 12.3 Å². The van der Waals surface area contributed by atoms with Gasteiger partial charge in [0, 0.05) is 29.6 Å². The average molecular weight is 379 g/mol. The van der Waals surface area contributed by atoms with Crippen molar-refractivity contribution >= 4 is 22.4 Å². The van der Waals surface area contributed by atoms with Crippen molar-refractivity contribution in [2.24, 2.45) is 0 Å². The molecule has 3 rings (SSSR count). The van der Waals surface area contributed by atoms with Gasteiger partial charge in [-0.05, 0) is 55.7 Å². The highest BCUT2D eigenvalue weighted by molar-refractivity contribution is 5.97. The van der Waals surface area contributed by atoms with Crippen LogP contribution >= 0.6 is 0 Å². The number of allylic oxidation sites excluding steroid dienone is 1. The van der Waals surface area contributed by atoms with Crippen molar-refractivity contribution in [1.29, 1.82) is 0 Å². The van der Waals surface area contributed by atoms with Crippen LogP contribution in [0.3, 0.4) is 0 Å². The molecule has 5 heteroatoms. The Morgan fingerprint density at radius 3 is 2.64 bits per heavy atom. The molecule has 146 valence electrons.